The molecular weight excluding hydrogens is 420 g/mol. The lowest BCUT2D eigenvalue weighted by atomic mass is 10.1. The highest BCUT2D eigenvalue weighted by Gasteiger charge is 2.32. The van der Waals surface area contributed by atoms with Crippen molar-refractivity contribution in [3.63, 3.8) is 0 Å². The van der Waals surface area contributed by atoms with Crippen molar-refractivity contribution >= 4 is 46.4 Å². The van der Waals surface area contributed by atoms with Crippen LogP contribution in [0.2, 0.25) is 0 Å². The van der Waals surface area contributed by atoms with E-state index in [1.165, 1.54) is 16.7 Å². The van der Waals surface area contributed by atoms with Crippen LogP contribution in [0.3, 0.4) is 0 Å². The van der Waals surface area contributed by atoms with E-state index in [4.69, 9.17) is 21.4 Å². The Morgan fingerprint density at radius 3 is 2.67 bits per heavy atom. The molecule has 1 N–H and O–H groups in total. The number of alkyl carbamates (subject to hydrolysis) is 1. The van der Waals surface area contributed by atoms with Gasteiger partial charge in [-0.2, -0.15) is 0 Å². The lowest BCUT2D eigenvalue weighted by Gasteiger charge is -2.20. The molecule has 1 aliphatic rings. The smallest absolute Gasteiger partial charge is 0.407 e. The van der Waals surface area contributed by atoms with Gasteiger partial charge in [0.25, 0.3) is 5.91 Å². The number of carbonyl (C=O) groups is 2. The lowest BCUT2D eigenvalue weighted by Crippen LogP contribution is -2.41. The minimum absolute atomic E-state index is 0.165. The first-order valence-corrected chi connectivity index (χ1v) is 10.8. The number of nitrogens with zero attached hydrogens (tertiary/aromatic N) is 1. The molecule has 1 aliphatic heterocycles. The zero-order valence-corrected chi connectivity index (χ0v) is 18.8. The zero-order valence-electron chi connectivity index (χ0n) is 17.1. The van der Waals surface area contributed by atoms with Gasteiger partial charge in [-0.1, -0.05) is 54.3 Å². The van der Waals surface area contributed by atoms with Gasteiger partial charge in [0.2, 0.25) is 0 Å². The molecule has 1 aromatic carbocycles. The van der Waals surface area contributed by atoms with Gasteiger partial charge in [-0.05, 0) is 39.3 Å². The van der Waals surface area contributed by atoms with Crippen molar-refractivity contribution in [3.8, 4) is 11.3 Å². The highest BCUT2D eigenvalue weighted by Crippen LogP contribution is 2.33. The summed E-state index contributed by atoms with van der Waals surface area (Å²) in [5.74, 6) is 1.17. The SMILES string of the molecule is CC(C)(C)NC(=O)OCCCN1C(=O)/C(=C/c2ccc(-c3ccccc3)o2)SC1=S. The Hall–Kier alpha value is -2.58. The van der Waals surface area contributed by atoms with E-state index < -0.39 is 6.09 Å². The van der Waals surface area contributed by atoms with E-state index in [9.17, 15) is 9.59 Å². The van der Waals surface area contributed by atoms with Gasteiger partial charge in [-0.25, -0.2) is 4.79 Å². The predicted molar refractivity (Wildman–Crippen MR) is 123 cm³/mol. The van der Waals surface area contributed by atoms with Crippen LogP contribution in [-0.4, -0.2) is 39.9 Å². The van der Waals surface area contributed by atoms with E-state index in [0.29, 0.717) is 28.0 Å². The number of carbonyl (C=O) groups excluding carboxylic acids is 2. The van der Waals surface area contributed by atoms with Crippen molar-refractivity contribution in [1.29, 1.82) is 0 Å². The first kappa shape index (κ1) is 22.1. The summed E-state index contributed by atoms with van der Waals surface area (Å²) >= 11 is 6.58. The minimum atomic E-state index is -0.472. The second kappa shape index (κ2) is 9.49. The quantitative estimate of drug-likeness (QED) is 0.381. The first-order valence-electron chi connectivity index (χ1n) is 9.58. The van der Waals surface area contributed by atoms with E-state index >= 15 is 0 Å². The Morgan fingerprint density at radius 1 is 1.23 bits per heavy atom. The number of hydrogen-bond acceptors (Lipinski definition) is 6. The Balaban J connectivity index is 1.55. The first-order chi connectivity index (χ1) is 14.2. The molecule has 0 atom stereocenters. The summed E-state index contributed by atoms with van der Waals surface area (Å²) in [5, 5.41) is 2.72. The molecule has 2 amide bonds. The summed E-state index contributed by atoms with van der Waals surface area (Å²) in [4.78, 5) is 26.4. The second-order valence-corrected chi connectivity index (χ2v) is 9.44. The molecule has 1 fully saturated rings. The maximum atomic E-state index is 12.7. The standard InChI is InChI=1S/C22H24N2O4S2/c1-22(2,3)23-20(26)27-13-7-12-24-19(25)18(30-21(24)29)14-16-10-11-17(28-16)15-8-5-4-6-9-15/h4-6,8-11,14H,7,12-13H2,1-3H3,(H,23,26)/b18-14-. The van der Waals surface area contributed by atoms with Gasteiger partial charge in [0.15, 0.2) is 0 Å². The molecule has 0 unspecified atom stereocenters. The number of nitrogens with one attached hydrogen (secondary N) is 1. The van der Waals surface area contributed by atoms with E-state index in [1.807, 2.05) is 63.2 Å². The van der Waals surface area contributed by atoms with Crippen LogP contribution in [0.1, 0.15) is 33.0 Å². The Morgan fingerprint density at radius 2 is 1.97 bits per heavy atom. The third-order valence-electron chi connectivity index (χ3n) is 4.07. The number of benzene rings is 1. The summed E-state index contributed by atoms with van der Waals surface area (Å²) in [6.45, 7) is 6.22. The number of ether oxygens (including phenoxy) is 1. The summed E-state index contributed by atoms with van der Waals surface area (Å²) in [5.41, 5.74) is 0.617. The molecule has 3 rings (SSSR count). The third-order valence-corrected chi connectivity index (χ3v) is 5.45. The Bertz CT molecular complexity index is 961. The highest BCUT2D eigenvalue weighted by molar-refractivity contribution is 8.26. The molecule has 0 saturated carbocycles. The average Bonchev–Trinajstić information content (AvgIpc) is 3.24. The van der Waals surface area contributed by atoms with Crippen molar-refractivity contribution in [2.45, 2.75) is 32.7 Å². The molecule has 8 heteroatoms. The molecular formula is C22H24N2O4S2. The zero-order chi connectivity index (χ0) is 21.7. The monoisotopic (exact) mass is 444 g/mol. The Labute approximate surface area is 185 Å². The highest BCUT2D eigenvalue weighted by atomic mass is 32.2. The van der Waals surface area contributed by atoms with Crippen LogP contribution in [0.15, 0.2) is 51.8 Å². The summed E-state index contributed by atoms with van der Waals surface area (Å²) < 4.78 is 11.5. The van der Waals surface area contributed by atoms with Crippen LogP contribution in [0.4, 0.5) is 4.79 Å². The van der Waals surface area contributed by atoms with Gasteiger partial charge >= 0.3 is 6.09 Å². The molecule has 158 valence electrons. The van der Waals surface area contributed by atoms with Crippen molar-refractivity contribution in [2.24, 2.45) is 0 Å². The summed E-state index contributed by atoms with van der Waals surface area (Å²) in [6, 6.07) is 13.5. The van der Waals surface area contributed by atoms with Crippen LogP contribution in [-0.2, 0) is 9.53 Å². The molecule has 30 heavy (non-hydrogen) atoms. The number of thiocarbonyl (C=S) groups is 1. The average molecular weight is 445 g/mol. The van der Waals surface area contributed by atoms with E-state index in [0.717, 1.165) is 11.3 Å². The van der Waals surface area contributed by atoms with Crippen LogP contribution >= 0.6 is 24.0 Å². The maximum Gasteiger partial charge on any atom is 0.407 e. The largest absolute Gasteiger partial charge is 0.457 e. The van der Waals surface area contributed by atoms with E-state index in [-0.39, 0.29) is 18.1 Å². The van der Waals surface area contributed by atoms with Gasteiger partial charge in [-0.15, -0.1) is 0 Å². The number of thioether (sulfide) groups is 1. The lowest BCUT2D eigenvalue weighted by molar-refractivity contribution is -0.122. The minimum Gasteiger partial charge on any atom is -0.457 e. The molecule has 6 nitrogen and oxygen atoms in total. The van der Waals surface area contributed by atoms with E-state index in [2.05, 4.69) is 5.32 Å². The number of hydrogen-bond donors (Lipinski definition) is 1. The van der Waals surface area contributed by atoms with Crippen LogP contribution in [0, 0.1) is 0 Å². The molecule has 2 aromatic rings. The van der Waals surface area contributed by atoms with E-state index in [1.54, 1.807) is 6.08 Å². The number of rotatable bonds is 6. The van der Waals surface area contributed by atoms with Crippen molar-refractivity contribution in [2.75, 3.05) is 13.2 Å². The molecule has 1 saturated heterocycles. The molecule has 0 spiro atoms. The summed E-state index contributed by atoms with van der Waals surface area (Å²) in [7, 11) is 0. The fourth-order valence-electron chi connectivity index (χ4n) is 2.74. The fourth-order valence-corrected chi connectivity index (χ4v) is 4.03. The molecule has 0 radical (unpaired) electrons. The molecule has 2 heterocycles. The number of amides is 2. The fraction of sp³-hybridized carbons (Fsp3) is 0.318. The number of furan rings is 1. The van der Waals surface area contributed by atoms with Crippen LogP contribution < -0.4 is 5.32 Å². The second-order valence-electron chi connectivity index (χ2n) is 7.77. The summed E-state index contributed by atoms with van der Waals surface area (Å²) in [6.07, 6.45) is 1.73. The maximum absolute atomic E-state index is 12.7. The van der Waals surface area contributed by atoms with Crippen LogP contribution in [0.5, 0.6) is 0 Å². The van der Waals surface area contributed by atoms with Gasteiger partial charge in [0.05, 0.1) is 11.5 Å². The third kappa shape index (κ3) is 5.96. The molecule has 1 aromatic heterocycles. The van der Waals surface area contributed by atoms with Crippen LogP contribution in [0.25, 0.3) is 17.4 Å². The molecule has 0 bridgehead atoms. The predicted octanol–water partition coefficient (Wildman–Crippen LogP) is 5.06. The molecule has 0 aliphatic carbocycles. The van der Waals surface area contributed by atoms with Crippen molar-refractivity contribution in [1.82, 2.24) is 10.2 Å². The van der Waals surface area contributed by atoms with Crippen molar-refractivity contribution < 1.29 is 18.7 Å². The normalized spacial score (nSPS) is 15.7. The van der Waals surface area contributed by atoms with Gasteiger partial charge < -0.3 is 14.5 Å². The van der Waals surface area contributed by atoms with Gasteiger partial charge in [-0.3, -0.25) is 9.69 Å². The van der Waals surface area contributed by atoms with Gasteiger partial charge in [0.1, 0.15) is 15.8 Å². The van der Waals surface area contributed by atoms with Gasteiger partial charge in [0, 0.05) is 23.7 Å². The Kier molecular flexibility index (Phi) is 6.99. The van der Waals surface area contributed by atoms with Crippen molar-refractivity contribution in [3.05, 3.63) is 53.1 Å². The topological polar surface area (TPSA) is 71.8 Å².